The van der Waals surface area contributed by atoms with Crippen molar-refractivity contribution >= 4 is 0 Å². The molecular weight excluding hydrogens is 301 g/mol. The Kier molecular flexibility index (Phi) is 8.36. The fraction of sp³-hybridized carbons (Fsp3) is 1.00. The summed E-state index contributed by atoms with van der Waals surface area (Å²) in [6.45, 7) is -2.04. The molecule has 0 aromatic carbocycles. The number of ether oxygens (including phenoxy) is 3. The summed E-state index contributed by atoms with van der Waals surface area (Å²) in [6.07, 6.45) is -14.5. The van der Waals surface area contributed by atoms with Crippen molar-refractivity contribution in [3.8, 4) is 0 Å². The molecule has 0 spiro atoms. The molecule has 0 saturated carbocycles. The summed E-state index contributed by atoms with van der Waals surface area (Å²) in [7, 11) is 0. The van der Waals surface area contributed by atoms with Crippen molar-refractivity contribution in [2.24, 2.45) is 0 Å². The van der Waals surface area contributed by atoms with E-state index in [1.165, 1.54) is 0 Å². The monoisotopic (exact) mass is 316 g/mol. The van der Waals surface area contributed by atoms with E-state index in [4.69, 9.17) is 0 Å². The molecule has 2 atom stereocenters. The van der Waals surface area contributed by atoms with E-state index in [0.717, 1.165) is 0 Å². The summed E-state index contributed by atoms with van der Waals surface area (Å²) in [5.41, 5.74) is 0. The third-order valence-electron chi connectivity index (χ3n) is 1.98. The van der Waals surface area contributed by atoms with Crippen LogP contribution in [0.4, 0.5) is 30.7 Å². The van der Waals surface area contributed by atoms with Crippen LogP contribution >= 0.6 is 0 Å². The molecule has 0 bridgehead atoms. The van der Waals surface area contributed by atoms with Crippen LogP contribution in [0.2, 0.25) is 0 Å². The number of alkyl halides is 7. The van der Waals surface area contributed by atoms with Gasteiger partial charge >= 0.3 is 12.3 Å². The fourth-order valence-electron chi connectivity index (χ4n) is 0.853. The summed E-state index contributed by atoms with van der Waals surface area (Å²) in [6, 6.07) is 0. The van der Waals surface area contributed by atoms with E-state index in [1.54, 1.807) is 0 Å². The number of hydrogen-bond donors (Lipinski definition) is 0. The highest BCUT2D eigenvalue weighted by Gasteiger charge is 2.40. The molecule has 122 valence electrons. The molecule has 0 aromatic rings. The summed E-state index contributed by atoms with van der Waals surface area (Å²) < 4.78 is 97.7. The van der Waals surface area contributed by atoms with Crippen LogP contribution in [0.25, 0.3) is 0 Å². The largest absolute Gasteiger partial charge is 0.421 e. The van der Waals surface area contributed by atoms with Crippen LogP contribution in [-0.4, -0.2) is 57.7 Å². The van der Waals surface area contributed by atoms with Gasteiger partial charge in [-0.2, -0.15) is 22.0 Å². The first-order valence-electron chi connectivity index (χ1n) is 5.59. The van der Waals surface area contributed by atoms with Crippen LogP contribution in [0.3, 0.4) is 0 Å². The third-order valence-corrected chi connectivity index (χ3v) is 1.98. The van der Waals surface area contributed by atoms with Crippen LogP contribution in [0, 0.1) is 0 Å². The molecule has 0 N–H and O–H groups in total. The predicted molar refractivity (Wildman–Crippen MR) is 54.1 cm³/mol. The second-order valence-corrected chi connectivity index (χ2v) is 3.72. The highest BCUT2D eigenvalue weighted by Crippen LogP contribution is 2.23. The molecule has 0 aliphatic heterocycles. The zero-order chi connectivity index (χ0) is 15.8. The molecule has 2 unspecified atom stereocenters. The maximum atomic E-state index is 12.6. The Balaban J connectivity index is 3.47. The fourth-order valence-corrected chi connectivity index (χ4v) is 0.853. The summed E-state index contributed by atoms with van der Waals surface area (Å²) in [5.74, 6) is 0. The predicted octanol–water partition coefficient (Wildman–Crippen LogP) is 2.89. The molecule has 0 saturated heterocycles. The van der Waals surface area contributed by atoms with Crippen molar-refractivity contribution in [1.82, 2.24) is 0 Å². The minimum atomic E-state index is -4.98. The lowest BCUT2D eigenvalue weighted by Gasteiger charge is -2.17. The first-order chi connectivity index (χ1) is 9.07. The zero-order valence-electron chi connectivity index (χ0n) is 10.6. The highest BCUT2D eigenvalue weighted by atomic mass is 19.4. The molecule has 10 heteroatoms. The second kappa shape index (κ2) is 8.63. The Bertz CT molecular complexity index is 258. The van der Waals surface area contributed by atoms with Gasteiger partial charge in [-0.1, -0.05) is 0 Å². The number of halogens is 7. The van der Waals surface area contributed by atoms with Crippen LogP contribution < -0.4 is 0 Å². The molecule has 0 aliphatic rings. The Morgan fingerprint density at radius 3 is 1.85 bits per heavy atom. The van der Waals surface area contributed by atoms with Gasteiger partial charge in [-0.3, -0.25) is 0 Å². The van der Waals surface area contributed by atoms with Crippen molar-refractivity contribution in [1.29, 1.82) is 0 Å². The molecule has 0 aliphatic carbocycles. The first-order valence-corrected chi connectivity index (χ1v) is 5.59. The van der Waals surface area contributed by atoms with Gasteiger partial charge in [0.1, 0.15) is 0 Å². The van der Waals surface area contributed by atoms with Gasteiger partial charge in [-0.15, -0.1) is 0 Å². The Morgan fingerprint density at radius 1 is 0.850 bits per heavy atom. The van der Waals surface area contributed by atoms with Gasteiger partial charge in [0, 0.05) is 0 Å². The van der Waals surface area contributed by atoms with Crippen LogP contribution in [0.1, 0.15) is 6.92 Å². The van der Waals surface area contributed by atoms with E-state index in [1.807, 2.05) is 0 Å². The van der Waals surface area contributed by atoms with E-state index in [0.29, 0.717) is 6.92 Å². The standard InChI is InChI=1S/C10H15F7O3/c1-7(11)10(16,17)20-5-4-18-2-3-19-6-8(12)9(13,14)15/h7-8H,2-6H2,1H3. The van der Waals surface area contributed by atoms with Crippen LogP contribution in [0.15, 0.2) is 0 Å². The number of hydrogen-bond acceptors (Lipinski definition) is 3. The Morgan fingerprint density at radius 2 is 1.35 bits per heavy atom. The molecule has 3 nitrogen and oxygen atoms in total. The van der Waals surface area contributed by atoms with Crippen molar-refractivity contribution in [3.63, 3.8) is 0 Å². The summed E-state index contributed by atoms with van der Waals surface area (Å²) >= 11 is 0. The average molecular weight is 316 g/mol. The molecule has 0 heterocycles. The average Bonchev–Trinajstić information content (AvgIpc) is 2.30. The molecule has 0 amide bonds. The van der Waals surface area contributed by atoms with Gasteiger partial charge in [0.25, 0.3) is 0 Å². The van der Waals surface area contributed by atoms with Gasteiger partial charge < -0.3 is 14.2 Å². The minimum Gasteiger partial charge on any atom is -0.377 e. The van der Waals surface area contributed by atoms with Crippen molar-refractivity contribution in [2.45, 2.75) is 31.6 Å². The normalized spacial score (nSPS) is 16.2. The molecule has 0 radical (unpaired) electrons. The van der Waals surface area contributed by atoms with Gasteiger partial charge in [-0.25, -0.2) is 8.78 Å². The molecule has 0 rings (SSSR count). The zero-order valence-corrected chi connectivity index (χ0v) is 10.6. The lowest BCUT2D eigenvalue weighted by molar-refractivity contribution is -0.273. The van der Waals surface area contributed by atoms with E-state index in [2.05, 4.69) is 14.2 Å². The molecular formula is C10H15F7O3. The van der Waals surface area contributed by atoms with Crippen molar-refractivity contribution in [2.75, 3.05) is 33.0 Å². The Hall–Kier alpha value is -0.610. The maximum absolute atomic E-state index is 12.6. The topological polar surface area (TPSA) is 27.7 Å². The molecule has 0 aromatic heterocycles. The summed E-state index contributed by atoms with van der Waals surface area (Å²) in [4.78, 5) is 0. The van der Waals surface area contributed by atoms with E-state index in [-0.39, 0.29) is 19.8 Å². The van der Waals surface area contributed by atoms with Crippen LogP contribution in [0.5, 0.6) is 0 Å². The van der Waals surface area contributed by atoms with Gasteiger partial charge in [-0.05, 0) is 6.92 Å². The lowest BCUT2D eigenvalue weighted by Crippen LogP contribution is -2.32. The van der Waals surface area contributed by atoms with Gasteiger partial charge in [0.15, 0.2) is 6.17 Å². The van der Waals surface area contributed by atoms with E-state index < -0.39 is 37.8 Å². The third kappa shape index (κ3) is 8.54. The lowest BCUT2D eigenvalue weighted by atomic mass is 10.4. The summed E-state index contributed by atoms with van der Waals surface area (Å²) in [5, 5.41) is 0. The first kappa shape index (κ1) is 19.4. The van der Waals surface area contributed by atoms with Gasteiger partial charge in [0.2, 0.25) is 6.17 Å². The van der Waals surface area contributed by atoms with Crippen molar-refractivity contribution in [3.05, 3.63) is 0 Å². The Labute approximate surface area is 111 Å². The molecule has 0 fully saturated rings. The SMILES string of the molecule is CC(F)C(F)(F)OCCOCCOCC(F)C(F)(F)F. The molecule has 20 heavy (non-hydrogen) atoms. The maximum Gasteiger partial charge on any atom is 0.421 e. The quantitative estimate of drug-likeness (QED) is 0.458. The second-order valence-electron chi connectivity index (χ2n) is 3.72. The van der Waals surface area contributed by atoms with E-state index in [9.17, 15) is 30.7 Å². The van der Waals surface area contributed by atoms with Crippen LogP contribution in [-0.2, 0) is 14.2 Å². The van der Waals surface area contributed by atoms with E-state index >= 15 is 0 Å². The minimum absolute atomic E-state index is 0.231. The smallest absolute Gasteiger partial charge is 0.377 e. The van der Waals surface area contributed by atoms with Crippen molar-refractivity contribution < 1.29 is 44.9 Å². The highest BCUT2D eigenvalue weighted by molar-refractivity contribution is 4.64. The van der Waals surface area contributed by atoms with Gasteiger partial charge in [0.05, 0.1) is 33.0 Å². The number of rotatable bonds is 10.